The summed E-state index contributed by atoms with van der Waals surface area (Å²) in [6.45, 7) is 8.45. The van der Waals surface area contributed by atoms with Crippen LogP contribution in [0.4, 0.5) is 5.69 Å². The van der Waals surface area contributed by atoms with Crippen LogP contribution in [0.3, 0.4) is 0 Å². The van der Waals surface area contributed by atoms with Crippen LogP contribution in [0.5, 0.6) is 5.75 Å². The molecule has 118 valence electrons. The van der Waals surface area contributed by atoms with Gasteiger partial charge in [-0.25, -0.2) is 0 Å². The lowest BCUT2D eigenvalue weighted by atomic mass is 10.0. The van der Waals surface area contributed by atoms with Gasteiger partial charge in [-0.05, 0) is 45.7 Å². The lowest BCUT2D eigenvalue weighted by molar-refractivity contribution is 0.452. The minimum absolute atomic E-state index is 0.195. The second-order valence-corrected chi connectivity index (χ2v) is 6.14. The predicted octanol–water partition coefficient (Wildman–Crippen LogP) is 4.22. The molecule has 1 aliphatic carbocycles. The first-order valence-electron chi connectivity index (χ1n) is 8.50. The Kier molecular flexibility index (Phi) is 5.92. The average Bonchev–Trinajstić information content (AvgIpc) is 3.00. The summed E-state index contributed by atoms with van der Waals surface area (Å²) in [5.41, 5.74) is 2.16. The third-order valence-electron chi connectivity index (χ3n) is 4.62. The third kappa shape index (κ3) is 3.91. The number of hydrogen-bond donors (Lipinski definition) is 2. The number of phenols is 1. The van der Waals surface area contributed by atoms with Crippen molar-refractivity contribution in [3.63, 3.8) is 0 Å². The largest absolute Gasteiger partial charge is 0.508 e. The second kappa shape index (κ2) is 7.69. The summed E-state index contributed by atoms with van der Waals surface area (Å²) >= 11 is 0. The van der Waals surface area contributed by atoms with Crippen LogP contribution in [0, 0.1) is 0 Å². The predicted molar refractivity (Wildman–Crippen MR) is 90.1 cm³/mol. The summed E-state index contributed by atoms with van der Waals surface area (Å²) in [7, 11) is 0. The molecule has 3 nitrogen and oxygen atoms in total. The number of phenolic OH excluding ortho intramolecular Hbond substituents is 1. The molecule has 0 aromatic heterocycles. The Morgan fingerprint density at radius 2 is 2.00 bits per heavy atom. The van der Waals surface area contributed by atoms with Crippen LogP contribution in [0.2, 0.25) is 0 Å². The van der Waals surface area contributed by atoms with E-state index in [2.05, 4.69) is 43.1 Å². The van der Waals surface area contributed by atoms with Gasteiger partial charge in [-0.1, -0.05) is 25.8 Å². The fraction of sp³-hybridized carbons (Fsp3) is 0.667. The van der Waals surface area contributed by atoms with Crippen LogP contribution < -0.4 is 10.2 Å². The van der Waals surface area contributed by atoms with E-state index in [9.17, 15) is 5.11 Å². The molecule has 1 saturated carbocycles. The van der Waals surface area contributed by atoms with Crippen molar-refractivity contribution < 1.29 is 5.11 Å². The van der Waals surface area contributed by atoms with Gasteiger partial charge in [-0.2, -0.15) is 0 Å². The lowest BCUT2D eigenvalue weighted by Crippen LogP contribution is -2.32. The molecule has 2 N–H and O–H groups in total. The van der Waals surface area contributed by atoms with E-state index in [0.717, 1.165) is 30.8 Å². The van der Waals surface area contributed by atoms with E-state index < -0.39 is 0 Å². The number of aromatic hydroxyl groups is 1. The maximum Gasteiger partial charge on any atom is 0.122 e. The third-order valence-corrected chi connectivity index (χ3v) is 4.62. The Balaban J connectivity index is 2.13. The maximum atomic E-state index is 10.4. The molecular weight excluding hydrogens is 260 g/mol. The normalized spacial score (nSPS) is 17.1. The van der Waals surface area contributed by atoms with Crippen LogP contribution in [-0.4, -0.2) is 24.2 Å². The molecule has 1 aromatic carbocycles. The van der Waals surface area contributed by atoms with Crippen LogP contribution in [0.25, 0.3) is 0 Å². The van der Waals surface area contributed by atoms with Gasteiger partial charge < -0.3 is 15.3 Å². The molecule has 0 radical (unpaired) electrons. The lowest BCUT2D eigenvalue weighted by Gasteiger charge is -2.30. The van der Waals surface area contributed by atoms with E-state index in [1.165, 1.54) is 25.7 Å². The van der Waals surface area contributed by atoms with Crippen molar-refractivity contribution in [1.82, 2.24) is 5.32 Å². The quantitative estimate of drug-likeness (QED) is 0.789. The highest BCUT2D eigenvalue weighted by Gasteiger charge is 2.22. The monoisotopic (exact) mass is 290 g/mol. The minimum atomic E-state index is 0.195. The summed E-state index contributed by atoms with van der Waals surface area (Å²) in [6.07, 6.45) is 6.34. The summed E-state index contributed by atoms with van der Waals surface area (Å²) in [5, 5.41) is 13.8. The van der Waals surface area contributed by atoms with Crippen molar-refractivity contribution in [2.45, 2.75) is 65.0 Å². The number of anilines is 1. The van der Waals surface area contributed by atoms with Gasteiger partial charge in [-0.15, -0.1) is 0 Å². The fourth-order valence-electron chi connectivity index (χ4n) is 3.42. The summed E-state index contributed by atoms with van der Waals surface area (Å²) in [6, 6.07) is 7.04. The van der Waals surface area contributed by atoms with Gasteiger partial charge in [0.05, 0.1) is 0 Å². The van der Waals surface area contributed by atoms with E-state index >= 15 is 0 Å². The molecule has 0 amide bonds. The van der Waals surface area contributed by atoms with E-state index in [4.69, 9.17) is 0 Å². The van der Waals surface area contributed by atoms with Gasteiger partial charge in [0.15, 0.2) is 0 Å². The number of hydrogen-bond acceptors (Lipinski definition) is 3. The first kappa shape index (κ1) is 16.2. The summed E-state index contributed by atoms with van der Waals surface area (Å²) in [5.74, 6) is 0.417. The average molecular weight is 290 g/mol. The van der Waals surface area contributed by atoms with Gasteiger partial charge in [0.1, 0.15) is 5.75 Å². The molecule has 21 heavy (non-hydrogen) atoms. The molecule has 0 spiro atoms. The first-order chi connectivity index (χ1) is 10.2. The Morgan fingerprint density at radius 3 is 2.57 bits per heavy atom. The smallest absolute Gasteiger partial charge is 0.122 e. The molecular formula is C18H30N2O. The topological polar surface area (TPSA) is 35.5 Å². The zero-order valence-electron chi connectivity index (χ0n) is 13.7. The van der Waals surface area contributed by atoms with Gasteiger partial charge in [0, 0.05) is 35.9 Å². The molecule has 0 bridgehead atoms. The maximum absolute atomic E-state index is 10.4. The minimum Gasteiger partial charge on any atom is -0.508 e. The molecule has 0 aliphatic heterocycles. The molecule has 0 saturated heterocycles. The number of nitrogens with one attached hydrogen (secondary N) is 1. The standard InChI is InChI=1S/C18H30N2O/c1-4-12-19-14(3)17-11-10-16(13-18(17)21)20(5-2)15-8-6-7-9-15/h10-11,13-15,19,21H,4-9,12H2,1-3H3. The molecule has 1 unspecified atom stereocenters. The highest BCUT2D eigenvalue weighted by Crippen LogP contribution is 2.33. The van der Waals surface area contributed by atoms with Crippen molar-refractivity contribution in [3.8, 4) is 5.75 Å². The first-order valence-corrected chi connectivity index (χ1v) is 8.50. The van der Waals surface area contributed by atoms with Gasteiger partial charge in [-0.3, -0.25) is 0 Å². The Hall–Kier alpha value is -1.22. The second-order valence-electron chi connectivity index (χ2n) is 6.14. The molecule has 1 atom stereocenters. The fourth-order valence-corrected chi connectivity index (χ4v) is 3.42. The van der Waals surface area contributed by atoms with Crippen LogP contribution in [0.1, 0.15) is 64.5 Å². The van der Waals surface area contributed by atoms with Crippen LogP contribution in [-0.2, 0) is 0 Å². The molecule has 0 heterocycles. The zero-order chi connectivity index (χ0) is 15.2. The Bertz CT molecular complexity index is 441. The highest BCUT2D eigenvalue weighted by atomic mass is 16.3. The van der Waals surface area contributed by atoms with Crippen molar-refractivity contribution in [2.24, 2.45) is 0 Å². The van der Waals surface area contributed by atoms with E-state index in [1.807, 2.05) is 6.07 Å². The van der Waals surface area contributed by atoms with Gasteiger partial charge in [0.25, 0.3) is 0 Å². The molecule has 1 aliphatic rings. The molecule has 2 rings (SSSR count). The van der Waals surface area contributed by atoms with Crippen LogP contribution in [0.15, 0.2) is 18.2 Å². The van der Waals surface area contributed by atoms with Crippen LogP contribution >= 0.6 is 0 Å². The number of rotatable bonds is 7. The number of nitrogens with zero attached hydrogens (tertiary/aromatic N) is 1. The van der Waals surface area contributed by atoms with Crippen molar-refractivity contribution in [3.05, 3.63) is 23.8 Å². The van der Waals surface area contributed by atoms with Gasteiger partial charge in [0.2, 0.25) is 0 Å². The molecule has 1 fully saturated rings. The number of benzene rings is 1. The van der Waals surface area contributed by atoms with Crippen molar-refractivity contribution >= 4 is 5.69 Å². The van der Waals surface area contributed by atoms with E-state index in [-0.39, 0.29) is 6.04 Å². The van der Waals surface area contributed by atoms with Gasteiger partial charge >= 0.3 is 0 Å². The molecule has 3 heteroatoms. The van der Waals surface area contributed by atoms with E-state index in [0.29, 0.717) is 11.8 Å². The summed E-state index contributed by atoms with van der Waals surface area (Å²) in [4.78, 5) is 2.45. The summed E-state index contributed by atoms with van der Waals surface area (Å²) < 4.78 is 0. The Morgan fingerprint density at radius 1 is 1.29 bits per heavy atom. The highest BCUT2D eigenvalue weighted by molar-refractivity contribution is 5.54. The zero-order valence-corrected chi connectivity index (χ0v) is 13.7. The SMILES string of the molecule is CCCNC(C)c1ccc(N(CC)C2CCCC2)cc1O. The van der Waals surface area contributed by atoms with Crippen molar-refractivity contribution in [1.29, 1.82) is 0 Å². The van der Waals surface area contributed by atoms with Crippen molar-refractivity contribution in [2.75, 3.05) is 18.0 Å². The van der Waals surface area contributed by atoms with E-state index in [1.54, 1.807) is 0 Å². The molecule has 1 aromatic rings. The Labute approximate surface area is 129 Å².